The molecule has 0 atom stereocenters. The van der Waals surface area contributed by atoms with E-state index < -0.39 is 17.6 Å². The zero-order valence-corrected chi connectivity index (χ0v) is 13.4. The largest absolute Gasteiger partial charge is 0.491 e. The fourth-order valence-electron chi connectivity index (χ4n) is 2.21. The third-order valence-corrected chi connectivity index (χ3v) is 3.32. The van der Waals surface area contributed by atoms with E-state index in [-0.39, 0.29) is 30.9 Å². The number of primary amides is 1. The number of rotatable bonds is 8. The van der Waals surface area contributed by atoms with Crippen molar-refractivity contribution in [2.45, 2.75) is 19.2 Å². The molecule has 25 heavy (non-hydrogen) atoms. The van der Waals surface area contributed by atoms with E-state index >= 15 is 0 Å². The van der Waals surface area contributed by atoms with Crippen molar-refractivity contribution in [3.63, 3.8) is 0 Å². The Bertz CT molecular complexity index is 702. The third kappa shape index (κ3) is 6.11. The maximum absolute atomic E-state index is 13.1. The minimum atomic E-state index is -4.59. The van der Waals surface area contributed by atoms with Gasteiger partial charge >= 0.3 is 6.18 Å². The number of nitrogens with two attached hydrogens (primary N) is 1. The highest BCUT2D eigenvalue weighted by Crippen LogP contribution is 2.36. The van der Waals surface area contributed by atoms with Crippen LogP contribution in [0.1, 0.15) is 16.7 Å². The van der Waals surface area contributed by atoms with Crippen LogP contribution in [0.5, 0.6) is 5.75 Å². The van der Waals surface area contributed by atoms with Crippen molar-refractivity contribution in [1.29, 1.82) is 0 Å². The Morgan fingerprint density at radius 3 is 2.36 bits per heavy atom. The van der Waals surface area contributed by atoms with Crippen LogP contribution < -0.4 is 10.5 Å². The first-order valence-electron chi connectivity index (χ1n) is 7.59. The fraction of sp³-hybridized carbons (Fsp3) is 0.278. The van der Waals surface area contributed by atoms with Gasteiger partial charge in [0.05, 0.1) is 25.2 Å². The van der Waals surface area contributed by atoms with E-state index in [2.05, 4.69) is 0 Å². The number of ether oxygens (including phenoxy) is 2. The van der Waals surface area contributed by atoms with E-state index in [1.807, 2.05) is 30.3 Å². The number of hydrogen-bond acceptors (Lipinski definition) is 3. The van der Waals surface area contributed by atoms with Gasteiger partial charge in [0.1, 0.15) is 12.4 Å². The lowest BCUT2D eigenvalue weighted by Crippen LogP contribution is -2.16. The van der Waals surface area contributed by atoms with Gasteiger partial charge in [-0.3, -0.25) is 4.79 Å². The van der Waals surface area contributed by atoms with E-state index in [1.165, 1.54) is 12.1 Å². The van der Waals surface area contributed by atoms with Crippen molar-refractivity contribution in [2.75, 3.05) is 13.2 Å². The zero-order valence-electron chi connectivity index (χ0n) is 13.4. The minimum Gasteiger partial charge on any atom is -0.491 e. The molecule has 2 aromatic carbocycles. The van der Waals surface area contributed by atoms with E-state index in [9.17, 15) is 18.0 Å². The number of carbonyl (C=O) groups excluding carboxylic acids is 1. The van der Waals surface area contributed by atoms with Crippen LogP contribution in [0.2, 0.25) is 0 Å². The topological polar surface area (TPSA) is 61.6 Å². The van der Waals surface area contributed by atoms with Crippen LogP contribution in [0.4, 0.5) is 13.2 Å². The molecule has 1 amide bonds. The van der Waals surface area contributed by atoms with Crippen molar-refractivity contribution < 1.29 is 27.4 Å². The van der Waals surface area contributed by atoms with E-state index in [0.717, 1.165) is 11.6 Å². The second kappa shape index (κ2) is 8.53. The maximum atomic E-state index is 13.1. The van der Waals surface area contributed by atoms with Crippen molar-refractivity contribution in [3.05, 3.63) is 65.2 Å². The quantitative estimate of drug-likeness (QED) is 0.741. The molecule has 0 saturated carbocycles. The molecule has 0 saturated heterocycles. The third-order valence-electron chi connectivity index (χ3n) is 3.32. The molecule has 7 heteroatoms. The summed E-state index contributed by atoms with van der Waals surface area (Å²) in [6.07, 6.45) is -4.85. The summed E-state index contributed by atoms with van der Waals surface area (Å²) in [7, 11) is 0. The van der Waals surface area contributed by atoms with Gasteiger partial charge in [-0.05, 0) is 23.3 Å². The van der Waals surface area contributed by atoms with E-state index in [4.69, 9.17) is 15.2 Å². The predicted octanol–water partition coefficient (Wildman–Crippen LogP) is 3.33. The molecule has 0 aliphatic heterocycles. The molecule has 0 aliphatic rings. The van der Waals surface area contributed by atoms with Crippen LogP contribution in [-0.4, -0.2) is 19.1 Å². The van der Waals surface area contributed by atoms with Crippen LogP contribution in [0.15, 0.2) is 48.5 Å². The van der Waals surface area contributed by atoms with Crippen LogP contribution >= 0.6 is 0 Å². The molecule has 2 aromatic rings. The zero-order chi connectivity index (χ0) is 18.3. The second-order valence-electron chi connectivity index (χ2n) is 5.36. The van der Waals surface area contributed by atoms with Crippen LogP contribution in [-0.2, 0) is 28.7 Å². The molecular weight excluding hydrogens is 335 g/mol. The summed E-state index contributed by atoms with van der Waals surface area (Å²) in [6, 6.07) is 12.9. The van der Waals surface area contributed by atoms with Gasteiger partial charge in [0.2, 0.25) is 5.91 Å². The SMILES string of the molecule is NC(=O)Cc1ccc(OCCOCc2ccccc2)c(C(F)(F)F)c1. The Hall–Kier alpha value is -2.54. The molecule has 0 heterocycles. The Balaban J connectivity index is 1.93. The normalized spacial score (nSPS) is 11.3. The number of alkyl halides is 3. The van der Waals surface area contributed by atoms with Crippen LogP contribution in [0.25, 0.3) is 0 Å². The highest BCUT2D eigenvalue weighted by atomic mass is 19.4. The van der Waals surface area contributed by atoms with Crippen molar-refractivity contribution in [2.24, 2.45) is 5.73 Å². The number of carbonyl (C=O) groups is 1. The van der Waals surface area contributed by atoms with Gasteiger partial charge < -0.3 is 15.2 Å². The summed E-state index contributed by atoms with van der Waals surface area (Å²) in [6.45, 7) is 0.480. The molecule has 4 nitrogen and oxygen atoms in total. The van der Waals surface area contributed by atoms with Gasteiger partial charge in [-0.1, -0.05) is 36.4 Å². The Labute approximate surface area is 143 Å². The average Bonchev–Trinajstić information content (AvgIpc) is 2.55. The van der Waals surface area contributed by atoms with Gasteiger partial charge in [0.25, 0.3) is 0 Å². The molecule has 0 aliphatic carbocycles. The molecule has 2 rings (SSSR count). The molecule has 0 unspecified atom stereocenters. The van der Waals surface area contributed by atoms with Gasteiger partial charge in [-0.2, -0.15) is 13.2 Å². The molecule has 0 aromatic heterocycles. The molecular formula is C18H18F3NO3. The van der Waals surface area contributed by atoms with Crippen molar-refractivity contribution in [3.8, 4) is 5.75 Å². The van der Waals surface area contributed by atoms with E-state index in [0.29, 0.717) is 6.61 Å². The number of benzene rings is 2. The van der Waals surface area contributed by atoms with Crippen molar-refractivity contribution in [1.82, 2.24) is 0 Å². The van der Waals surface area contributed by atoms with Gasteiger partial charge in [0, 0.05) is 0 Å². The van der Waals surface area contributed by atoms with Gasteiger partial charge in [0.15, 0.2) is 0 Å². The standard InChI is InChI=1S/C18H18F3NO3/c19-18(20,21)15-10-14(11-17(22)23)6-7-16(15)25-9-8-24-12-13-4-2-1-3-5-13/h1-7,10H,8-9,11-12H2,(H2,22,23). The number of amides is 1. The minimum absolute atomic E-state index is 0.0227. The average molecular weight is 353 g/mol. The fourth-order valence-corrected chi connectivity index (χ4v) is 2.21. The number of hydrogen-bond donors (Lipinski definition) is 1. The first-order valence-corrected chi connectivity index (χ1v) is 7.59. The first kappa shape index (κ1) is 18.8. The molecule has 0 radical (unpaired) electrons. The summed E-state index contributed by atoms with van der Waals surface area (Å²) >= 11 is 0. The lowest BCUT2D eigenvalue weighted by atomic mass is 10.1. The Kier molecular flexibility index (Phi) is 6.41. The summed E-state index contributed by atoms with van der Waals surface area (Å²) in [5.41, 5.74) is 5.23. The molecule has 134 valence electrons. The summed E-state index contributed by atoms with van der Waals surface area (Å²) in [5.74, 6) is -1.000. The van der Waals surface area contributed by atoms with Crippen LogP contribution in [0, 0.1) is 0 Å². The molecule has 2 N–H and O–H groups in total. The molecule has 0 fully saturated rings. The lowest BCUT2D eigenvalue weighted by molar-refractivity contribution is -0.139. The van der Waals surface area contributed by atoms with Crippen molar-refractivity contribution >= 4 is 5.91 Å². The van der Waals surface area contributed by atoms with E-state index in [1.54, 1.807) is 0 Å². The lowest BCUT2D eigenvalue weighted by Gasteiger charge is -2.15. The number of halogens is 3. The Morgan fingerprint density at radius 1 is 1.00 bits per heavy atom. The van der Waals surface area contributed by atoms with Crippen LogP contribution in [0.3, 0.4) is 0 Å². The predicted molar refractivity (Wildman–Crippen MR) is 85.9 cm³/mol. The van der Waals surface area contributed by atoms with Gasteiger partial charge in [-0.25, -0.2) is 0 Å². The smallest absolute Gasteiger partial charge is 0.419 e. The first-order chi connectivity index (χ1) is 11.9. The highest BCUT2D eigenvalue weighted by molar-refractivity contribution is 5.76. The summed E-state index contributed by atoms with van der Waals surface area (Å²) in [4.78, 5) is 10.9. The second-order valence-corrected chi connectivity index (χ2v) is 5.36. The summed E-state index contributed by atoms with van der Waals surface area (Å²) < 4.78 is 50.0. The highest BCUT2D eigenvalue weighted by Gasteiger charge is 2.34. The Morgan fingerprint density at radius 2 is 1.72 bits per heavy atom. The monoisotopic (exact) mass is 353 g/mol. The summed E-state index contributed by atoms with van der Waals surface area (Å²) in [5, 5.41) is 0. The molecule has 0 bridgehead atoms. The maximum Gasteiger partial charge on any atom is 0.419 e. The van der Waals surface area contributed by atoms with Gasteiger partial charge in [-0.15, -0.1) is 0 Å². The molecule has 0 spiro atoms.